The number of benzene rings is 1. The second kappa shape index (κ2) is 6.04. The zero-order valence-electron chi connectivity index (χ0n) is 11.3. The molecule has 19 heavy (non-hydrogen) atoms. The van der Waals surface area contributed by atoms with Crippen molar-refractivity contribution in [3.8, 4) is 0 Å². The van der Waals surface area contributed by atoms with Gasteiger partial charge in [-0.2, -0.15) is 0 Å². The van der Waals surface area contributed by atoms with E-state index in [2.05, 4.69) is 12.2 Å². The number of nitrogens with two attached hydrogens (primary N) is 1. The molecule has 0 aromatic heterocycles. The lowest BCUT2D eigenvalue weighted by molar-refractivity contribution is 0.0940. The fraction of sp³-hybridized carbons (Fsp3) is 0.533. The van der Waals surface area contributed by atoms with Gasteiger partial charge in [0, 0.05) is 17.8 Å². The van der Waals surface area contributed by atoms with Gasteiger partial charge in [-0.25, -0.2) is 4.39 Å². The zero-order chi connectivity index (χ0) is 13.8. The van der Waals surface area contributed by atoms with Crippen LogP contribution in [0.15, 0.2) is 18.2 Å². The maximum absolute atomic E-state index is 13.2. The molecule has 104 valence electrons. The van der Waals surface area contributed by atoms with Crippen molar-refractivity contribution in [3.63, 3.8) is 0 Å². The lowest BCUT2D eigenvalue weighted by Gasteiger charge is -2.26. The number of halogens is 1. The summed E-state index contributed by atoms with van der Waals surface area (Å²) in [5.41, 5.74) is 6.10. The molecule has 0 saturated heterocycles. The van der Waals surface area contributed by atoms with Crippen molar-refractivity contribution >= 4 is 11.6 Å². The summed E-state index contributed by atoms with van der Waals surface area (Å²) >= 11 is 0. The van der Waals surface area contributed by atoms with Gasteiger partial charge in [-0.1, -0.05) is 19.8 Å². The van der Waals surface area contributed by atoms with E-state index < -0.39 is 5.82 Å². The molecule has 0 heterocycles. The number of rotatable bonds is 3. The highest BCUT2D eigenvalue weighted by Gasteiger charge is 2.19. The fourth-order valence-electron chi connectivity index (χ4n) is 2.83. The van der Waals surface area contributed by atoms with Gasteiger partial charge in [0.2, 0.25) is 0 Å². The molecular formula is C15H21FN2O. The normalized spacial score (nSPS) is 23.1. The van der Waals surface area contributed by atoms with Gasteiger partial charge < -0.3 is 11.1 Å². The number of nitrogen functional groups attached to an aromatic ring is 1. The first-order valence-corrected chi connectivity index (χ1v) is 6.89. The molecule has 3 nitrogen and oxygen atoms in total. The van der Waals surface area contributed by atoms with E-state index in [0.29, 0.717) is 18.0 Å². The minimum atomic E-state index is -0.476. The largest absolute Gasteiger partial charge is 0.399 e. The lowest BCUT2D eigenvalue weighted by atomic mass is 9.82. The quantitative estimate of drug-likeness (QED) is 0.825. The van der Waals surface area contributed by atoms with E-state index in [4.69, 9.17) is 5.73 Å². The van der Waals surface area contributed by atoms with Crippen molar-refractivity contribution in [2.24, 2.45) is 11.8 Å². The average molecular weight is 264 g/mol. The lowest BCUT2D eigenvalue weighted by Crippen LogP contribution is -2.31. The highest BCUT2D eigenvalue weighted by Crippen LogP contribution is 2.27. The number of anilines is 1. The molecule has 3 N–H and O–H groups in total. The second-order valence-corrected chi connectivity index (χ2v) is 5.62. The van der Waals surface area contributed by atoms with E-state index in [1.165, 1.54) is 31.0 Å². The van der Waals surface area contributed by atoms with Gasteiger partial charge in [-0.05, 0) is 42.9 Å². The Bertz CT molecular complexity index is 441. The van der Waals surface area contributed by atoms with Crippen LogP contribution in [0.25, 0.3) is 0 Å². The van der Waals surface area contributed by atoms with Crippen LogP contribution in [0.3, 0.4) is 0 Å². The van der Waals surface area contributed by atoms with Crippen LogP contribution in [0.1, 0.15) is 43.0 Å². The summed E-state index contributed by atoms with van der Waals surface area (Å²) in [4.78, 5) is 11.9. The Hall–Kier alpha value is -1.58. The molecule has 1 saturated carbocycles. The predicted molar refractivity (Wildman–Crippen MR) is 74.3 cm³/mol. The minimum Gasteiger partial charge on any atom is -0.399 e. The van der Waals surface area contributed by atoms with Crippen LogP contribution in [-0.4, -0.2) is 12.5 Å². The number of hydrogen-bond acceptors (Lipinski definition) is 2. The minimum absolute atomic E-state index is 0.246. The highest BCUT2D eigenvalue weighted by atomic mass is 19.1. The average Bonchev–Trinajstić information content (AvgIpc) is 2.35. The van der Waals surface area contributed by atoms with Crippen molar-refractivity contribution in [3.05, 3.63) is 29.6 Å². The van der Waals surface area contributed by atoms with Crippen LogP contribution in [0.4, 0.5) is 10.1 Å². The smallest absolute Gasteiger partial charge is 0.251 e. The third kappa shape index (κ3) is 3.94. The van der Waals surface area contributed by atoms with Crippen molar-refractivity contribution in [1.29, 1.82) is 0 Å². The summed E-state index contributed by atoms with van der Waals surface area (Å²) in [6.45, 7) is 2.92. The van der Waals surface area contributed by atoms with E-state index in [9.17, 15) is 9.18 Å². The first-order chi connectivity index (χ1) is 9.04. The summed E-state index contributed by atoms with van der Waals surface area (Å²) in [6.07, 6.45) is 4.83. The van der Waals surface area contributed by atoms with E-state index in [0.717, 1.165) is 18.8 Å². The maximum atomic E-state index is 13.2. The Morgan fingerprint density at radius 2 is 2.21 bits per heavy atom. The summed E-state index contributed by atoms with van der Waals surface area (Å²) in [7, 11) is 0. The molecule has 1 aromatic carbocycles. The molecule has 0 aliphatic heterocycles. The number of nitrogens with one attached hydrogen (secondary N) is 1. The molecule has 1 aromatic rings. The van der Waals surface area contributed by atoms with Gasteiger partial charge in [-0.3, -0.25) is 4.79 Å². The first-order valence-electron chi connectivity index (χ1n) is 6.89. The zero-order valence-corrected chi connectivity index (χ0v) is 11.3. The Morgan fingerprint density at radius 3 is 2.89 bits per heavy atom. The summed E-state index contributed by atoms with van der Waals surface area (Å²) in [5, 5.41) is 2.88. The molecule has 2 rings (SSSR count). The highest BCUT2D eigenvalue weighted by molar-refractivity contribution is 5.95. The Balaban J connectivity index is 1.90. The van der Waals surface area contributed by atoms with Gasteiger partial charge in [0.05, 0.1) is 0 Å². The van der Waals surface area contributed by atoms with Crippen LogP contribution < -0.4 is 11.1 Å². The number of carbonyl (C=O) groups is 1. The molecule has 0 bridgehead atoms. The van der Waals surface area contributed by atoms with Crippen molar-refractivity contribution < 1.29 is 9.18 Å². The Kier molecular flexibility index (Phi) is 4.40. The molecule has 1 amide bonds. The van der Waals surface area contributed by atoms with Crippen LogP contribution in [0, 0.1) is 17.7 Å². The molecule has 0 spiro atoms. The van der Waals surface area contributed by atoms with Crippen LogP contribution in [0.2, 0.25) is 0 Å². The third-order valence-corrected chi connectivity index (χ3v) is 3.78. The van der Waals surface area contributed by atoms with E-state index in [-0.39, 0.29) is 11.6 Å². The fourth-order valence-corrected chi connectivity index (χ4v) is 2.83. The van der Waals surface area contributed by atoms with Gasteiger partial charge in [0.1, 0.15) is 5.82 Å². The SMILES string of the molecule is CC1CCCC(CNC(=O)c2cc(N)cc(F)c2)C1. The van der Waals surface area contributed by atoms with Gasteiger partial charge in [0.25, 0.3) is 5.91 Å². The topological polar surface area (TPSA) is 55.1 Å². The third-order valence-electron chi connectivity index (χ3n) is 3.78. The molecule has 0 radical (unpaired) electrons. The van der Waals surface area contributed by atoms with E-state index in [1.807, 2.05) is 0 Å². The van der Waals surface area contributed by atoms with Crippen molar-refractivity contribution in [1.82, 2.24) is 5.32 Å². The Morgan fingerprint density at radius 1 is 1.42 bits per heavy atom. The molecule has 1 aliphatic carbocycles. The van der Waals surface area contributed by atoms with E-state index >= 15 is 0 Å². The number of carbonyl (C=O) groups excluding carboxylic acids is 1. The van der Waals surface area contributed by atoms with Crippen molar-refractivity contribution in [2.45, 2.75) is 32.6 Å². The van der Waals surface area contributed by atoms with Crippen LogP contribution in [0.5, 0.6) is 0 Å². The number of amides is 1. The van der Waals surface area contributed by atoms with Crippen LogP contribution in [-0.2, 0) is 0 Å². The molecule has 1 aliphatic rings. The molecular weight excluding hydrogens is 243 g/mol. The second-order valence-electron chi connectivity index (χ2n) is 5.62. The van der Waals surface area contributed by atoms with Gasteiger partial charge in [0.15, 0.2) is 0 Å². The summed E-state index contributed by atoms with van der Waals surface area (Å²) in [6, 6.07) is 3.93. The van der Waals surface area contributed by atoms with Gasteiger partial charge in [-0.15, -0.1) is 0 Å². The molecule has 2 unspecified atom stereocenters. The van der Waals surface area contributed by atoms with E-state index in [1.54, 1.807) is 0 Å². The predicted octanol–water partition coefficient (Wildman–Crippen LogP) is 2.96. The standard InChI is InChI=1S/C15H21FN2O/c1-10-3-2-4-11(5-10)9-18-15(19)12-6-13(16)8-14(17)7-12/h6-8,10-11H,2-5,9,17H2,1H3,(H,18,19). The summed E-state index contributed by atoms with van der Waals surface area (Å²) < 4.78 is 13.2. The van der Waals surface area contributed by atoms with Crippen molar-refractivity contribution in [2.75, 3.05) is 12.3 Å². The summed E-state index contributed by atoms with van der Waals surface area (Å²) in [5.74, 6) is 0.555. The molecule has 4 heteroatoms. The molecule has 2 atom stereocenters. The maximum Gasteiger partial charge on any atom is 0.251 e. The Labute approximate surface area is 113 Å². The van der Waals surface area contributed by atoms with Gasteiger partial charge >= 0.3 is 0 Å². The monoisotopic (exact) mass is 264 g/mol. The number of hydrogen-bond donors (Lipinski definition) is 2. The van der Waals surface area contributed by atoms with Crippen LogP contribution >= 0.6 is 0 Å². The first kappa shape index (κ1) is 13.8. The molecule has 1 fully saturated rings.